The third kappa shape index (κ3) is 0.372. The van der Waals surface area contributed by atoms with E-state index in [4.69, 9.17) is 0 Å². The van der Waals surface area contributed by atoms with Crippen molar-refractivity contribution in [2.75, 3.05) is 20.6 Å². The SMILES string of the molecule is CN1CC2CC3C1C2N3C. The molecule has 56 valence electrons. The first-order chi connectivity index (χ1) is 4.79. The number of likely N-dealkylation sites (N-methyl/N-ethyl adjacent to an activating group) is 2. The van der Waals surface area contributed by atoms with E-state index in [1.165, 1.54) is 13.0 Å². The molecule has 0 spiro atoms. The molecule has 4 unspecified atom stereocenters. The Bertz CT molecular complexity index is 167. The van der Waals surface area contributed by atoms with Gasteiger partial charge in [-0.1, -0.05) is 0 Å². The molecule has 0 amide bonds. The highest BCUT2D eigenvalue weighted by atomic mass is 15.4. The maximum atomic E-state index is 2.57. The van der Waals surface area contributed by atoms with Crippen LogP contribution in [0.15, 0.2) is 0 Å². The fourth-order valence-corrected chi connectivity index (χ4v) is 3.42. The molecule has 0 aromatic carbocycles. The first-order valence-corrected chi connectivity index (χ1v) is 4.21. The summed E-state index contributed by atoms with van der Waals surface area (Å²) in [5.74, 6) is 1.02. The van der Waals surface area contributed by atoms with Crippen molar-refractivity contribution in [2.24, 2.45) is 5.92 Å². The van der Waals surface area contributed by atoms with Crippen molar-refractivity contribution in [3.63, 3.8) is 0 Å². The van der Waals surface area contributed by atoms with Crippen LogP contribution in [0.4, 0.5) is 0 Å². The molecule has 3 heterocycles. The van der Waals surface area contributed by atoms with Gasteiger partial charge in [0.1, 0.15) is 0 Å². The maximum absolute atomic E-state index is 2.57. The zero-order valence-corrected chi connectivity index (χ0v) is 6.62. The zero-order chi connectivity index (χ0) is 6.88. The molecule has 1 saturated carbocycles. The lowest BCUT2D eigenvalue weighted by Gasteiger charge is -2.47. The molecule has 4 atom stereocenters. The third-order valence-corrected chi connectivity index (χ3v) is 3.80. The molecule has 0 radical (unpaired) electrons. The largest absolute Gasteiger partial charge is 0.300 e. The van der Waals surface area contributed by atoms with Crippen LogP contribution >= 0.6 is 0 Å². The molecule has 3 saturated heterocycles. The number of piperidine rings is 1. The van der Waals surface area contributed by atoms with Crippen molar-refractivity contribution < 1.29 is 0 Å². The van der Waals surface area contributed by atoms with Gasteiger partial charge in [-0.15, -0.1) is 0 Å². The predicted octanol–water partition coefficient (Wildman–Crippen LogP) is 0.00290. The van der Waals surface area contributed by atoms with Gasteiger partial charge in [0.2, 0.25) is 0 Å². The van der Waals surface area contributed by atoms with Crippen LogP contribution in [0.2, 0.25) is 0 Å². The second kappa shape index (κ2) is 1.41. The van der Waals surface area contributed by atoms with Crippen molar-refractivity contribution in [2.45, 2.75) is 24.5 Å². The van der Waals surface area contributed by atoms with Crippen molar-refractivity contribution in [1.82, 2.24) is 9.80 Å². The summed E-state index contributed by atoms with van der Waals surface area (Å²) < 4.78 is 0. The van der Waals surface area contributed by atoms with E-state index in [9.17, 15) is 0 Å². The second-order valence-electron chi connectivity index (χ2n) is 4.15. The van der Waals surface area contributed by atoms with Crippen molar-refractivity contribution in [1.29, 1.82) is 0 Å². The summed E-state index contributed by atoms with van der Waals surface area (Å²) in [6.07, 6.45) is 1.48. The highest BCUT2D eigenvalue weighted by Crippen LogP contribution is 2.50. The van der Waals surface area contributed by atoms with Gasteiger partial charge in [-0.3, -0.25) is 9.80 Å². The summed E-state index contributed by atoms with van der Waals surface area (Å²) >= 11 is 0. The van der Waals surface area contributed by atoms with Gasteiger partial charge in [0.15, 0.2) is 0 Å². The van der Waals surface area contributed by atoms with E-state index in [0.717, 1.165) is 24.0 Å². The Morgan fingerprint density at radius 3 is 2.50 bits per heavy atom. The lowest BCUT2D eigenvalue weighted by atomic mass is 9.98. The standard InChI is InChI=1S/C8H14N2/c1-9-4-5-3-6-8(9)7(5)10(6)2/h5-8H,3-4H2,1-2H3. The second-order valence-corrected chi connectivity index (χ2v) is 4.15. The monoisotopic (exact) mass is 138 g/mol. The third-order valence-electron chi connectivity index (χ3n) is 3.80. The first-order valence-electron chi connectivity index (χ1n) is 4.21. The highest BCUT2D eigenvalue weighted by Gasteiger charge is 2.63. The molecule has 4 fully saturated rings. The van der Waals surface area contributed by atoms with E-state index < -0.39 is 0 Å². The van der Waals surface area contributed by atoms with Gasteiger partial charge in [0.25, 0.3) is 0 Å². The van der Waals surface area contributed by atoms with E-state index >= 15 is 0 Å². The molecule has 4 rings (SSSR count). The molecule has 2 nitrogen and oxygen atoms in total. The Morgan fingerprint density at radius 2 is 2.00 bits per heavy atom. The van der Waals surface area contributed by atoms with Crippen LogP contribution in [0, 0.1) is 5.92 Å². The molecular formula is C8H14N2. The summed E-state index contributed by atoms with van der Waals surface area (Å²) in [6, 6.07) is 2.80. The maximum Gasteiger partial charge on any atom is 0.0407 e. The smallest absolute Gasteiger partial charge is 0.0407 e. The Kier molecular flexibility index (Phi) is 0.783. The van der Waals surface area contributed by atoms with Crippen LogP contribution in [-0.4, -0.2) is 48.6 Å². The van der Waals surface area contributed by atoms with E-state index in [1.54, 1.807) is 0 Å². The fraction of sp³-hybridized carbons (Fsp3) is 1.00. The Balaban J connectivity index is 1.97. The van der Waals surface area contributed by atoms with E-state index in [2.05, 4.69) is 23.9 Å². The van der Waals surface area contributed by atoms with Gasteiger partial charge in [0.05, 0.1) is 0 Å². The molecule has 4 bridgehead atoms. The molecule has 10 heavy (non-hydrogen) atoms. The fourth-order valence-electron chi connectivity index (χ4n) is 3.42. The topological polar surface area (TPSA) is 6.48 Å². The number of nitrogens with zero attached hydrogens (tertiary/aromatic N) is 2. The van der Waals surface area contributed by atoms with Gasteiger partial charge < -0.3 is 0 Å². The highest BCUT2D eigenvalue weighted by molar-refractivity contribution is 5.19. The van der Waals surface area contributed by atoms with Gasteiger partial charge in [-0.25, -0.2) is 0 Å². The molecule has 0 N–H and O–H groups in total. The van der Waals surface area contributed by atoms with Crippen molar-refractivity contribution in [3.05, 3.63) is 0 Å². The van der Waals surface area contributed by atoms with Crippen molar-refractivity contribution in [3.8, 4) is 0 Å². The van der Waals surface area contributed by atoms with E-state index in [1.807, 2.05) is 0 Å². The molecule has 0 aromatic heterocycles. The van der Waals surface area contributed by atoms with Crippen LogP contribution < -0.4 is 0 Å². The minimum Gasteiger partial charge on any atom is -0.300 e. The summed E-state index contributed by atoms with van der Waals surface area (Å²) in [7, 11) is 4.56. The number of likely N-dealkylation sites (tertiary alicyclic amines) is 1. The van der Waals surface area contributed by atoms with E-state index in [-0.39, 0.29) is 0 Å². The molecular weight excluding hydrogens is 124 g/mol. The number of hydrogen-bond donors (Lipinski definition) is 0. The van der Waals surface area contributed by atoms with Gasteiger partial charge in [-0.2, -0.15) is 0 Å². The van der Waals surface area contributed by atoms with Crippen LogP contribution in [0.5, 0.6) is 0 Å². The van der Waals surface area contributed by atoms with Crippen LogP contribution in [0.1, 0.15) is 6.42 Å². The lowest BCUT2D eigenvalue weighted by Crippen LogP contribution is -2.62. The van der Waals surface area contributed by atoms with Crippen LogP contribution in [-0.2, 0) is 0 Å². The Labute approximate surface area is 61.8 Å². The van der Waals surface area contributed by atoms with Crippen LogP contribution in [0.3, 0.4) is 0 Å². The molecule has 1 aliphatic carbocycles. The lowest BCUT2D eigenvalue weighted by molar-refractivity contribution is 0.0198. The van der Waals surface area contributed by atoms with Crippen LogP contribution in [0.25, 0.3) is 0 Å². The summed E-state index contributed by atoms with van der Waals surface area (Å²) in [4.78, 5) is 5.11. The average molecular weight is 138 g/mol. The Hall–Kier alpha value is -0.0800. The first kappa shape index (κ1) is 5.56. The van der Waals surface area contributed by atoms with Crippen molar-refractivity contribution >= 4 is 0 Å². The minimum atomic E-state index is 0.925. The van der Waals surface area contributed by atoms with Gasteiger partial charge in [-0.05, 0) is 26.4 Å². The molecule has 4 aliphatic rings. The zero-order valence-electron chi connectivity index (χ0n) is 6.62. The van der Waals surface area contributed by atoms with Gasteiger partial charge >= 0.3 is 0 Å². The summed E-state index contributed by atoms with van der Waals surface area (Å²) in [5.41, 5.74) is 0. The summed E-state index contributed by atoms with van der Waals surface area (Å²) in [5, 5.41) is 0. The quantitative estimate of drug-likeness (QED) is 0.465. The number of rotatable bonds is 0. The number of hydrogen-bond acceptors (Lipinski definition) is 2. The predicted molar refractivity (Wildman–Crippen MR) is 39.9 cm³/mol. The van der Waals surface area contributed by atoms with E-state index in [0.29, 0.717) is 0 Å². The molecule has 3 aliphatic heterocycles. The molecule has 0 aromatic rings. The Morgan fingerprint density at radius 1 is 1.20 bits per heavy atom. The molecule has 2 heteroatoms. The normalized spacial score (nSPS) is 59.4. The average Bonchev–Trinajstić information content (AvgIpc) is 2.46. The summed E-state index contributed by atoms with van der Waals surface area (Å²) in [6.45, 7) is 1.36. The minimum absolute atomic E-state index is 0.925. The van der Waals surface area contributed by atoms with Gasteiger partial charge in [0, 0.05) is 24.7 Å².